The van der Waals surface area contributed by atoms with Gasteiger partial charge in [-0.1, -0.05) is 25.1 Å². The van der Waals surface area contributed by atoms with E-state index in [-0.39, 0.29) is 36.4 Å². The first-order valence-electron chi connectivity index (χ1n) is 9.63. The van der Waals surface area contributed by atoms with Gasteiger partial charge >= 0.3 is 0 Å². The molecule has 0 bridgehead atoms. The van der Waals surface area contributed by atoms with Crippen LogP contribution in [-0.4, -0.2) is 48.7 Å². The van der Waals surface area contributed by atoms with Gasteiger partial charge in [0.05, 0.1) is 36.9 Å². The summed E-state index contributed by atoms with van der Waals surface area (Å²) in [5, 5.41) is 5.24. The Bertz CT molecular complexity index is 967. The van der Waals surface area contributed by atoms with E-state index < -0.39 is 5.91 Å². The molecule has 0 fully saturated rings. The number of fused-ring (bicyclic) bond motifs is 1. The Morgan fingerprint density at radius 3 is 2.27 bits per heavy atom. The van der Waals surface area contributed by atoms with Gasteiger partial charge in [0.2, 0.25) is 5.91 Å². The zero-order chi connectivity index (χ0) is 21.7. The lowest BCUT2D eigenvalue weighted by atomic mass is 10.1. The number of carbonyl (C=O) groups excluding carboxylic acids is 4. The summed E-state index contributed by atoms with van der Waals surface area (Å²) in [6.45, 7) is 2.33. The lowest BCUT2D eigenvalue weighted by Gasteiger charge is -2.16. The molecule has 2 N–H and O–H groups in total. The van der Waals surface area contributed by atoms with E-state index in [0.717, 1.165) is 11.3 Å². The van der Waals surface area contributed by atoms with Crippen LogP contribution in [-0.2, 0) is 11.3 Å². The van der Waals surface area contributed by atoms with Crippen LogP contribution in [0, 0.1) is 0 Å². The molecule has 8 heteroatoms. The molecule has 2 aromatic rings. The maximum atomic E-state index is 12.6. The van der Waals surface area contributed by atoms with Crippen molar-refractivity contribution in [3.63, 3.8) is 0 Å². The standard InChI is InChI=1S/C22H23N3O5/c1-3-10-23-19(26)12-24-20(27)17-11-14(8-9-18(17)30-2)13-25-21(28)15-6-4-5-7-16(15)22(25)29/h4-9,11H,3,10,12-13H2,1-2H3,(H,23,26)(H,24,27). The fourth-order valence-electron chi connectivity index (χ4n) is 3.18. The Morgan fingerprint density at radius 1 is 1.00 bits per heavy atom. The monoisotopic (exact) mass is 409 g/mol. The number of rotatable bonds is 8. The minimum Gasteiger partial charge on any atom is -0.496 e. The van der Waals surface area contributed by atoms with Gasteiger partial charge in [0.25, 0.3) is 17.7 Å². The van der Waals surface area contributed by atoms with Gasteiger partial charge in [0.1, 0.15) is 5.75 Å². The van der Waals surface area contributed by atoms with Crippen LogP contribution in [0.2, 0.25) is 0 Å². The number of ether oxygens (including phenoxy) is 1. The summed E-state index contributed by atoms with van der Waals surface area (Å²) in [6, 6.07) is 11.5. The molecule has 2 aromatic carbocycles. The zero-order valence-corrected chi connectivity index (χ0v) is 16.9. The number of amides is 4. The number of imide groups is 1. The van der Waals surface area contributed by atoms with E-state index in [1.807, 2.05) is 6.92 Å². The van der Waals surface area contributed by atoms with Crippen molar-refractivity contribution in [2.75, 3.05) is 20.2 Å². The van der Waals surface area contributed by atoms with E-state index in [9.17, 15) is 19.2 Å². The Labute approximate surface area is 174 Å². The van der Waals surface area contributed by atoms with Gasteiger partial charge in [0.15, 0.2) is 0 Å². The van der Waals surface area contributed by atoms with Crippen LogP contribution in [0.15, 0.2) is 42.5 Å². The van der Waals surface area contributed by atoms with Crippen molar-refractivity contribution in [2.24, 2.45) is 0 Å². The normalized spacial score (nSPS) is 12.5. The van der Waals surface area contributed by atoms with Gasteiger partial charge in [0, 0.05) is 6.54 Å². The molecule has 0 atom stereocenters. The van der Waals surface area contributed by atoms with Crippen molar-refractivity contribution in [2.45, 2.75) is 19.9 Å². The fraction of sp³-hybridized carbons (Fsp3) is 0.273. The first-order valence-corrected chi connectivity index (χ1v) is 9.63. The van der Waals surface area contributed by atoms with Crippen LogP contribution in [0.3, 0.4) is 0 Å². The number of benzene rings is 2. The molecule has 0 saturated heterocycles. The van der Waals surface area contributed by atoms with Gasteiger partial charge in [-0.2, -0.15) is 0 Å². The molecule has 0 aromatic heterocycles. The lowest BCUT2D eigenvalue weighted by molar-refractivity contribution is -0.120. The van der Waals surface area contributed by atoms with Crippen LogP contribution in [0.5, 0.6) is 5.75 Å². The summed E-state index contributed by atoms with van der Waals surface area (Å²) < 4.78 is 5.25. The molecule has 1 heterocycles. The quantitative estimate of drug-likeness (QED) is 0.647. The second kappa shape index (κ2) is 9.21. The first-order chi connectivity index (χ1) is 14.5. The topological polar surface area (TPSA) is 105 Å². The van der Waals surface area contributed by atoms with E-state index in [4.69, 9.17) is 4.74 Å². The van der Waals surface area contributed by atoms with Crippen LogP contribution in [0.25, 0.3) is 0 Å². The molecule has 156 valence electrons. The summed E-state index contributed by atoms with van der Waals surface area (Å²) in [6.07, 6.45) is 0.799. The predicted molar refractivity (Wildman–Crippen MR) is 109 cm³/mol. The second-order valence-corrected chi connectivity index (χ2v) is 6.81. The molecular weight excluding hydrogens is 386 g/mol. The van der Waals surface area contributed by atoms with Crippen LogP contribution < -0.4 is 15.4 Å². The lowest BCUT2D eigenvalue weighted by Crippen LogP contribution is -2.37. The number of methoxy groups -OCH3 is 1. The Balaban J connectivity index is 1.75. The summed E-state index contributed by atoms with van der Waals surface area (Å²) in [5.41, 5.74) is 1.54. The molecular formula is C22H23N3O5. The van der Waals surface area contributed by atoms with Crippen molar-refractivity contribution >= 4 is 23.6 Å². The number of nitrogens with zero attached hydrogens (tertiary/aromatic N) is 1. The van der Waals surface area contributed by atoms with E-state index in [0.29, 0.717) is 29.0 Å². The molecule has 3 rings (SSSR count). The van der Waals surface area contributed by atoms with E-state index in [1.54, 1.807) is 42.5 Å². The highest BCUT2D eigenvalue weighted by molar-refractivity contribution is 6.21. The minimum absolute atomic E-state index is 0.0214. The van der Waals surface area contributed by atoms with Gasteiger partial charge in [-0.15, -0.1) is 0 Å². The first kappa shape index (κ1) is 21.0. The maximum Gasteiger partial charge on any atom is 0.261 e. The minimum atomic E-state index is -0.484. The predicted octanol–water partition coefficient (Wildman–Crippen LogP) is 1.75. The summed E-state index contributed by atoms with van der Waals surface area (Å²) >= 11 is 0. The molecule has 8 nitrogen and oxygen atoms in total. The molecule has 0 radical (unpaired) electrons. The van der Waals surface area contributed by atoms with Crippen molar-refractivity contribution in [1.29, 1.82) is 0 Å². The highest BCUT2D eigenvalue weighted by Gasteiger charge is 2.35. The van der Waals surface area contributed by atoms with Crippen molar-refractivity contribution in [3.05, 3.63) is 64.7 Å². The van der Waals surface area contributed by atoms with E-state index in [2.05, 4.69) is 10.6 Å². The molecule has 0 spiro atoms. The average Bonchev–Trinajstić information content (AvgIpc) is 3.01. The third-order valence-corrected chi connectivity index (χ3v) is 4.71. The van der Waals surface area contributed by atoms with Crippen molar-refractivity contribution in [3.8, 4) is 5.75 Å². The number of carbonyl (C=O) groups is 4. The van der Waals surface area contributed by atoms with E-state index >= 15 is 0 Å². The van der Waals surface area contributed by atoms with Gasteiger partial charge < -0.3 is 15.4 Å². The second-order valence-electron chi connectivity index (χ2n) is 6.81. The Kier molecular flexibility index (Phi) is 6.46. The molecule has 4 amide bonds. The summed E-state index contributed by atoms with van der Waals surface area (Å²) in [4.78, 5) is 50.6. The largest absolute Gasteiger partial charge is 0.496 e. The Morgan fingerprint density at radius 2 is 1.67 bits per heavy atom. The van der Waals surface area contributed by atoms with Gasteiger partial charge in [-0.25, -0.2) is 0 Å². The maximum absolute atomic E-state index is 12.6. The van der Waals surface area contributed by atoms with Gasteiger partial charge in [-0.05, 0) is 36.2 Å². The third-order valence-electron chi connectivity index (χ3n) is 4.71. The SMILES string of the molecule is CCCNC(=O)CNC(=O)c1cc(CN2C(=O)c3ccccc3C2=O)ccc1OC. The molecule has 0 unspecified atom stereocenters. The highest BCUT2D eigenvalue weighted by atomic mass is 16.5. The van der Waals surface area contributed by atoms with Crippen molar-refractivity contribution in [1.82, 2.24) is 15.5 Å². The molecule has 0 saturated carbocycles. The molecule has 1 aliphatic heterocycles. The number of nitrogens with one attached hydrogen (secondary N) is 2. The molecule has 0 aliphatic carbocycles. The molecule has 30 heavy (non-hydrogen) atoms. The summed E-state index contributed by atoms with van der Waals surface area (Å²) in [5.74, 6) is -1.18. The van der Waals surface area contributed by atoms with Crippen LogP contribution in [0.1, 0.15) is 50.0 Å². The van der Waals surface area contributed by atoms with Crippen LogP contribution in [0.4, 0.5) is 0 Å². The average molecular weight is 409 g/mol. The smallest absolute Gasteiger partial charge is 0.261 e. The van der Waals surface area contributed by atoms with Crippen LogP contribution >= 0.6 is 0 Å². The van der Waals surface area contributed by atoms with Crippen molar-refractivity contribution < 1.29 is 23.9 Å². The molecule has 1 aliphatic rings. The van der Waals surface area contributed by atoms with E-state index in [1.165, 1.54) is 7.11 Å². The number of hydrogen-bond acceptors (Lipinski definition) is 5. The number of hydrogen-bond donors (Lipinski definition) is 2. The Hall–Kier alpha value is -3.68. The fourth-order valence-corrected chi connectivity index (χ4v) is 3.18. The third kappa shape index (κ3) is 4.32. The van der Waals surface area contributed by atoms with Gasteiger partial charge in [-0.3, -0.25) is 24.1 Å². The highest BCUT2D eigenvalue weighted by Crippen LogP contribution is 2.26. The zero-order valence-electron chi connectivity index (χ0n) is 16.9. The summed E-state index contributed by atoms with van der Waals surface area (Å²) in [7, 11) is 1.43.